The summed E-state index contributed by atoms with van der Waals surface area (Å²) in [6, 6.07) is 0.178. The van der Waals surface area contributed by atoms with E-state index in [1.54, 1.807) is 26.8 Å². The van der Waals surface area contributed by atoms with Crippen LogP contribution in [0.2, 0.25) is 0 Å². The first kappa shape index (κ1) is 21.7. The van der Waals surface area contributed by atoms with Crippen molar-refractivity contribution in [1.29, 1.82) is 0 Å². The standard InChI is InChI=1S/C19H32N2O3S/c1-6-8-10-15-13-17(19(4,5)21(23)24)16(9-7-2)18(25)20(15)12-11-14(3)22/h7,15-17H,2,6,8-13H2,1,3-5H3/t15-,16+,17-/m0/s1. The molecule has 1 fully saturated rings. The minimum atomic E-state index is -1.03. The van der Waals surface area contributed by atoms with Crippen LogP contribution in [0.3, 0.4) is 0 Å². The number of ketones is 1. The van der Waals surface area contributed by atoms with Crippen molar-refractivity contribution in [2.24, 2.45) is 11.8 Å². The fourth-order valence-electron chi connectivity index (χ4n) is 3.79. The third-order valence-corrected chi connectivity index (χ3v) is 5.98. The van der Waals surface area contributed by atoms with E-state index in [0.29, 0.717) is 19.4 Å². The minimum absolute atomic E-state index is 0.0715. The molecule has 5 nitrogen and oxygen atoms in total. The molecule has 1 saturated heterocycles. The first-order chi connectivity index (χ1) is 11.7. The summed E-state index contributed by atoms with van der Waals surface area (Å²) >= 11 is 5.77. The molecule has 0 radical (unpaired) electrons. The van der Waals surface area contributed by atoms with E-state index in [4.69, 9.17) is 12.2 Å². The maximum atomic E-state index is 11.7. The van der Waals surface area contributed by atoms with Crippen LogP contribution in [0.1, 0.15) is 66.2 Å². The van der Waals surface area contributed by atoms with Gasteiger partial charge in [0.05, 0.1) is 4.99 Å². The number of nitrogens with zero attached hydrogens (tertiary/aromatic N) is 2. The number of carbonyl (C=O) groups excluding carboxylic acids is 1. The molecule has 1 heterocycles. The van der Waals surface area contributed by atoms with Crippen molar-refractivity contribution < 1.29 is 9.72 Å². The average Bonchev–Trinajstić information content (AvgIpc) is 2.53. The van der Waals surface area contributed by atoms with Crippen molar-refractivity contribution in [3.05, 3.63) is 22.8 Å². The molecule has 0 aromatic rings. The third-order valence-electron chi connectivity index (χ3n) is 5.45. The average molecular weight is 369 g/mol. The van der Waals surface area contributed by atoms with Crippen LogP contribution in [0.4, 0.5) is 0 Å². The van der Waals surface area contributed by atoms with Gasteiger partial charge in [-0.3, -0.25) is 14.9 Å². The van der Waals surface area contributed by atoms with E-state index in [9.17, 15) is 14.9 Å². The van der Waals surface area contributed by atoms with Crippen LogP contribution in [0, 0.1) is 22.0 Å². The fourth-order valence-corrected chi connectivity index (χ4v) is 4.30. The van der Waals surface area contributed by atoms with Crippen molar-refractivity contribution >= 4 is 23.0 Å². The van der Waals surface area contributed by atoms with Crippen LogP contribution in [0.25, 0.3) is 0 Å². The molecule has 0 amide bonds. The molecule has 0 aliphatic carbocycles. The topological polar surface area (TPSA) is 63.5 Å². The second-order valence-corrected chi connectivity index (χ2v) is 8.08. The van der Waals surface area contributed by atoms with Crippen molar-refractivity contribution in [3.8, 4) is 0 Å². The largest absolute Gasteiger partial charge is 0.362 e. The molecule has 0 unspecified atom stereocenters. The molecule has 1 rings (SSSR count). The van der Waals surface area contributed by atoms with Gasteiger partial charge in [0.1, 0.15) is 5.78 Å². The Morgan fingerprint density at radius 1 is 1.52 bits per heavy atom. The molecule has 1 aliphatic heterocycles. The second kappa shape index (κ2) is 9.41. The SMILES string of the molecule is C=CC[C@H]1C(=S)N(CCC(C)=O)[C@@H](CCCC)C[C@@H]1C(C)(C)[N+](=O)[O-]. The molecule has 0 saturated carbocycles. The zero-order chi connectivity index (χ0) is 19.2. The number of piperidine rings is 1. The number of Topliss-reactive ketones (excluding diaryl/α,β-unsaturated/α-hetero) is 1. The number of hydrogen-bond donors (Lipinski definition) is 0. The first-order valence-corrected chi connectivity index (χ1v) is 9.62. The number of likely N-dealkylation sites (tertiary alicyclic amines) is 1. The molecule has 0 spiro atoms. The monoisotopic (exact) mass is 368 g/mol. The van der Waals surface area contributed by atoms with E-state index in [-0.39, 0.29) is 28.6 Å². The van der Waals surface area contributed by atoms with E-state index in [1.807, 2.05) is 0 Å². The summed E-state index contributed by atoms with van der Waals surface area (Å²) in [5, 5.41) is 11.7. The van der Waals surface area contributed by atoms with Gasteiger partial charge >= 0.3 is 0 Å². The van der Waals surface area contributed by atoms with Crippen LogP contribution in [0.5, 0.6) is 0 Å². The molecule has 1 aliphatic rings. The molecule has 0 N–H and O–H groups in total. The van der Waals surface area contributed by atoms with Gasteiger partial charge in [-0.05, 0) is 26.2 Å². The highest BCUT2D eigenvalue weighted by molar-refractivity contribution is 7.80. The highest BCUT2D eigenvalue weighted by atomic mass is 32.1. The molecular weight excluding hydrogens is 336 g/mol. The van der Waals surface area contributed by atoms with E-state index in [1.165, 1.54) is 0 Å². The zero-order valence-corrected chi connectivity index (χ0v) is 16.8. The Morgan fingerprint density at radius 2 is 2.16 bits per heavy atom. The Kier molecular flexibility index (Phi) is 8.19. The third kappa shape index (κ3) is 5.33. The number of carbonyl (C=O) groups is 1. The first-order valence-electron chi connectivity index (χ1n) is 9.22. The Morgan fingerprint density at radius 3 is 2.64 bits per heavy atom. The van der Waals surface area contributed by atoms with Gasteiger partial charge in [-0.25, -0.2) is 0 Å². The van der Waals surface area contributed by atoms with Crippen LogP contribution >= 0.6 is 12.2 Å². The highest BCUT2D eigenvalue weighted by Gasteiger charge is 2.51. The lowest BCUT2D eigenvalue weighted by atomic mass is 9.69. The van der Waals surface area contributed by atoms with Gasteiger partial charge in [-0.2, -0.15) is 0 Å². The van der Waals surface area contributed by atoms with Crippen molar-refractivity contribution in [2.45, 2.75) is 77.8 Å². The molecule has 0 aromatic carbocycles. The smallest absolute Gasteiger partial charge is 0.220 e. The van der Waals surface area contributed by atoms with E-state index in [0.717, 1.165) is 30.7 Å². The lowest BCUT2D eigenvalue weighted by Crippen LogP contribution is -2.57. The molecule has 142 valence electrons. The molecular formula is C19H32N2O3S. The number of nitro groups is 1. The predicted molar refractivity (Wildman–Crippen MR) is 105 cm³/mol. The second-order valence-electron chi connectivity index (χ2n) is 7.66. The number of unbranched alkanes of at least 4 members (excludes halogenated alkanes) is 1. The maximum Gasteiger partial charge on any atom is 0.220 e. The maximum absolute atomic E-state index is 11.7. The summed E-state index contributed by atoms with van der Waals surface area (Å²) < 4.78 is 0. The van der Waals surface area contributed by atoms with E-state index in [2.05, 4.69) is 18.4 Å². The van der Waals surface area contributed by atoms with Gasteiger partial charge < -0.3 is 4.90 Å². The quantitative estimate of drug-likeness (QED) is 0.247. The van der Waals surface area contributed by atoms with Crippen molar-refractivity contribution in [1.82, 2.24) is 4.90 Å². The predicted octanol–water partition coefficient (Wildman–Crippen LogP) is 4.42. The van der Waals surface area contributed by atoms with Crippen molar-refractivity contribution in [3.63, 3.8) is 0 Å². The molecule has 3 atom stereocenters. The minimum Gasteiger partial charge on any atom is -0.362 e. The van der Waals surface area contributed by atoms with Gasteiger partial charge in [0, 0.05) is 49.6 Å². The molecule has 25 heavy (non-hydrogen) atoms. The number of allylic oxidation sites excluding steroid dienone is 1. The van der Waals surface area contributed by atoms with Crippen LogP contribution in [-0.2, 0) is 4.79 Å². The van der Waals surface area contributed by atoms with E-state index >= 15 is 0 Å². The van der Waals surface area contributed by atoms with Gasteiger partial charge in [-0.15, -0.1) is 6.58 Å². The fraction of sp³-hybridized carbons (Fsp3) is 0.789. The van der Waals surface area contributed by atoms with Crippen LogP contribution in [-0.4, -0.2) is 38.7 Å². The summed E-state index contributed by atoms with van der Waals surface area (Å²) in [6.07, 6.45) is 6.73. The van der Waals surface area contributed by atoms with Gasteiger partial charge in [0.2, 0.25) is 5.54 Å². The highest BCUT2D eigenvalue weighted by Crippen LogP contribution is 2.41. The lowest BCUT2D eigenvalue weighted by Gasteiger charge is -2.48. The summed E-state index contributed by atoms with van der Waals surface area (Å²) in [6.45, 7) is 11.6. The molecule has 6 heteroatoms. The summed E-state index contributed by atoms with van der Waals surface area (Å²) in [4.78, 5) is 25.9. The van der Waals surface area contributed by atoms with Crippen LogP contribution in [0.15, 0.2) is 12.7 Å². The number of thiocarbonyl (C=S) groups is 1. The normalized spacial score (nSPS) is 24.2. The Bertz CT molecular complexity index is 519. The summed E-state index contributed by atoms with van der Waals surface area (Å²) in [5.41, 5.74) is -1.03. The molecule has 0 aromatic heterocycles. The van der Waals surface area contributed by atoms with Crippen LogP contribution < -0.4 is 0 Å². The van der Waals surface area contributed by atoms with Gasteiger partial charge in [0.15, 0.2) is 0 Å². The van der Waals surface area contributed by atoms with E-state index < -0.39 is 5.54 Å². The zero-order valence-electron chi connectivity index (χ0n) is 16.0. The Labute approximate surface area is 157 Å². The summed E-state index contributed by atoms with van der Waals surface area (Å²) in [7, 11) is 0. The number of hydrogen-bond acceptors (Lipinski definition) is 4. The Balaban J connectivity index is 3.16. The lowest BCUT2D eigenvalue weighted by molar-refractivity contribution is -0.573. The van der Waals surface area contributed by atoms with Crippen molar-refractivity contribution in [2.75, 3.05) is 6.54 Å². The van der Waals surface area contributed by atoms with Gasteiger partial charge in [0.25, 0.3) is 0 Å². The number of rotatable bonds is 10. The Hall–Kier alpha value is -1.30. The summed E-state index contributed by atoms with van der Waals surface area (Å²) in [5.74, 6) is -0.0498. The molecule has 0 bridgehead atoms. The van der Waals surface area contributed by atoms with Gasteiger partial charge in [-0.1, -0.05) is 38.1 Å².